The quantitative estimate of drug-likeness (QED) is 0.805. The maximum atomic E-state index is 11.7. The van der Waals surface area contributed by atoms with Gasteiger partial charge in [-0.3, -0.25) is 4.72 Å². The van der Waals surface area contributed by atoms with E-state index in [1.54, 1.807) is 19.1 Å². The zero-order chi connectivity index (χ0) is 15.7. The van der Waals surface area contributed by atoms with Crippen molar-refractivity contribution in [3.8, 4) is 11.3 Å². The van der Waals surface area contributed by atoms with Crippen LogP contribution in [0.3, 0.4) is 0 Å². The molecular formula is C16H17N3O2S. The zero-order valence-electron chi connectivity index (χ0n) is 12.4. The molecule has 0 bridgehead atoms. The molecule has 3 aromatic rings. The fraction of sp³-hybridized carbons (Fsp3) is 0.188. The molecule has 0 radical (unpaired) electrons. The Labute approximate surface area is 129 Å². The number of hydrogen-bond acceptors (Lipinski definition) is 3. The lowest BCUT2D eigenvalue weighted by Crippen LogP contribution is -2.14. The highest BCUT2D eigenvalue weighted by Gasteiger charge is 2.09. The third kappa shape index (κ3) is 2.96. The molecular weight excluding hydrogens is 298 g/mol. The van der Waals surface area contributed by atoms with Crippen molar-refractivity contribution in [3.63, 3.8) is 0 Å². The molecule has 0 atom stereocenters. The second kappa shape index (κ2) is 5.46. The minimum Gasteiger partial charge on any atom is -0.306 e. The first-order valence-corrected chi connectivity index (χ1v) is 8.68. The summed E-state index contributed by atoms with van der Waals surface area (Å²) in [6.45, 7) is 3.63. The molecule has 0 aliphatic carbocycles. The van der Waals surface area contributed by atoms with Gasteiger partial charge in [-0.05, 0) is 37.6 Å². The number of pyridine rings is 1. The number of nitrogens with zero attached hydrogens (tertiary/aromatic N) is 2. The average Bonchev–Trinajstić information content (AvgIpc) is 2.90. The van der Waals surface area contributed by atoms with Crippen LogP contribution in [0, 0.1) is 6.92 Å². The summed E-state index contributed by atoms with van der Waals surface area (Å²) < 4.78 is 27.9. The minimum atomic E-state index is -3.28. The van der Waals surface area contributed by atoms with Crippen LogP contribution in [-0.4, -0.2) is 23.6 Å². The van der Waals surface area contributed by atoms with Gasteiger partial charge in [0.2, 0.25) is 10.0 Å². The second-order valence-electron chi connectivity index (χ2n) is 5.18. The minimum absolute atomic E-state index is 0.0465. The Balaban J connectivity index is 2.00. The van der Waals surface area contributed by atoms with Crippen molar-refractivity contribution in [1.29, 1.82) is 0 Å². The Morgan fingerprint density at radius 2 is 2.00 bits per heavy atom. The molecule has 0 aliphatic rings. The number of fused-ring (bicyclic) bond motifs is 1. The summed E-state index contributed by atoms with van der Waals surface area (Å²) in [5, 5.41) is 0. The summed E-state index contributed by atoms with van der Waals surface area (Å²) in [4.78, 5) is 4.57. The maximum absolute atomic E-state index is 11.7. The van der Waals surface area contributed by atoms with Crippen molar-refractivity contribution < 1.29 is 8.42 Å². The Kier molecular flexibility index (Phi) is 3.62. The van der Waals surface area contributed by atoms with E-state index in [9.17, 15) is 8.42 Å². The van der Waals surface area contributed by atoms with Crippen molar-refractivity contribution in [3.05, 3.63) is 54.4 Å². The molecule has 0 fully saturated rings. The van der Waals surface area contributed by atoms with Crippen LogP contribution in [-0.2, 0) is 10.0 Å². The van der Waals surface area contributed by atoms with E-state index >= 15 is 0 Å². The molecule has 0 unspecified atom stereocenters. The van der Waals surface area contributed by atoms with Gasteiger partial charge in [-0.1, -0.05) is 18.2 Å². The van der Waals surface area contributed by atoms with Gasteiger partial charge in [0, 0.05) is 23.6 Å². The van der Waals surface area contributed by atoms with Crippen molar-refractivity contribution in [1.82, 2.24) is 9.38 Å². The number of rotatable bonds is 4. The van der Waals surface area contributed by atoms with Gasteiger partial charge in [0.25, 0.3) is 0 Å². The number of aromatic nitrogens is 2. The fourth-order valence-corrected chi connectivity index (χ4v) is 2.87. The lowest BCUT2D eigenvalue weighted by Gasteiger charge is -2.06. The molecule has 0 aliphatic heterocycles. The molecule has 6 heteroatoms. The van der Waals surface area contributed by atoms with E-state index in [-0.39, 0.29) is 5.75 Å². The Bertz CT molecular complexity index is 929. The van der Waals surface area contributed by atoms with Gasteiger partial charge < -0.3 is 4.40 Å². The molecule has 0 saturated carbocycles. The van der Waals surface area contributed by atoms with Gasteiger partial charge in [0.1, 0.15) is 5.65 Å². The first kappa shape index (κ1) is 14.6. The summed E-state index contributed by atoms with van der Waals surface area (Å²) in [7, 11) is -3.28. The molecule has 0 spiro atoms. The van der Waals surface area contributed by atoms with E-state index in [4.69, 9.17) is 0 Å². The fourth-order valence-electron chi connectivity index (χ4n) is 2.24. The lowest BCUT2D eigenvalue weighted by molar-refractivity contribution is 0.602. The number of benzene rings is 1. The number of anilines is 1. The van der Waals surface area contributed by atoms with Crippen LogP contribution in [0.2, 0.25) is 0 Å². The van der Waals surface area contributed by atoms with Crippen molar-refractivity contribution in [2.45, 2.75) is 13.8 Å². The Hall–Kier alpha value is -2.34. The van der Waals surface area contributed by atoms with Crippen LogP contribution in [0.15, 0.2) is 48.8 Å². The molecule has 3 rings (SSSR count). The van der Waals surface area contributed by atoms with Crippen LogP contribution in [0.25, 0.3) is 16.9 Å². The predicted molar refractivity (Wildman–Crippen MR) is 88.4 cm³/mol. The first-order valence-electron chi connectivity index (χ1n) is 7.03. The van der Waals surface area contributed by atoms with Crippen molar-refractivity contribution in [2.24, 2.45) is 0 Å². The maximum Gasteiger partial charge on any atom is 0.232 e. The van der Waals surface area contributed by atoms with E-state index in [0.717, 1.165) is 22.5 Å². The van der Waals surface area contributed by atoms with E-state index in [2.05, 4.69) is 9.71 Å². The molecule has 22 heavy (non-hydrogen) atoms. The molecule has 2 heterocycles. The number of aryl methyl sites for hydroxylation is 1. The standard InChI is InChI=1S/C16H17N3O2S/c1-3-22(20,21)18-14-6-4-5-13(9-14)15-11-19-10-12(2)7-8-16(19)17-15/h4-11,18H,3H2,1-2H3. The number of hydrogen-bond donors (Lipinski definition) is 1. The molecule has 2 aromatic heterocycles. The highest BCUT2D eigenvalue weighted by molar-refractivity contribution is 7.92. The summed E-state index contributed by atoms with van der Waals surface area (Å²) in [5.41, 5.74) is 4.24. The second-order valence-corrected chi connectivity index (χ2v) is 7.20. The molecule has 1 N–H and O–H groups in total. The van der Waals surface area contributed by atoms with Crippen LogP contribution < -0.4 is 4.72 Å². The third-order valence-corrected chi connectivity index (χ3v) is 4.72. The van der Waals surface area contributed by atoms with Gasteiger partial charge in [-0.25, -0.2) is 13.4 Å². The topological polar surface area (TPSA) is 63.5 Å². The van der Waals surface area contributed by atoms with Gasteiger partial charge in [0.05, 0.1) is 11.4 Å². The van der Waals surface area contributed by atoms with Crippen molar-refractivity contribution >= 4 is 21.4 Å². The van der Waals surface area contributed by atoms with E-state index in [0.29, 0.717) is 5.69 Å². The summed E-state index contributed by atoms with van der Waals surface area (Å²) in [6.07, 6.45) is 3.95. The average molecular weight is 315 g/mol. The zero-order valence-corrected chi connectivity index (χ0v) is 13.3. The molecule has 5 nitrogen and oxygen atoms in total. The SMILES string of the molecule is CCS(=O)(=O)Nc1cccc(-c2cn3cc(C)ccc3n2)c1. The van der Waals surface area contributed by atoms with E-state index < -0.39 is 10.0 Å². The normalized spacial score (nSPS) is 11.7. The van der Waals surface area contributed by atoms with E-state index in [1.165, 1.54) is 0 Å². The molecule has 0 amide bonds. The number of imidazole rings is 1. The number of nitrogens with one attached hydrogen (secondary N) is 1. The smallest absolute Gasteiger partial charge is 0.232 e. The van der Waals surface area contributed by atoms with E-state index in [1.807, 2.05) is 48.0 Å². The van der Waals surface area contributed by atoms with Crippen LogP contribution >= 0.6 is 0 Å². The Morgan fingerprint density at radius 1 is 1.18 bits per heavy atom. The van der Waals surface area contributed by atoms with Crippen LogP contribution in [0.1, 0.15) is 12.5 Å². The predicted octanol–water partition coefficient (Wildman–Crippen LogP) is 3.07. The molecule has 1 aromatic carbocycles. The highest BCUT2D eigenvalue weighted by atomic mass is 32.2. The first-order chi connectivity index (χ1) is 10.5. The molecule has 114 valence electrons. The van der Waals surface area contributed by atoms with Gasteiger partial charge in [0.15, 0.2) is 0 Å². The monoisotopic (exact) mass is 315 g/mol. The molecule has 0 saturated heterocycles. The van der Waals surface area contributed by atoms with Gasteiger partial charge in [-0.2, -0.15) is 0 Å². The number of sulfonamides is 1. The lowest BCUT2D eigenvalue weighted by atomic mass is 10.1. The van der Waals surface area contributed by atoms with Crippen LogP contribution in [0.4, 0.5) is 5.69 Å². The highest BCUT2D eigenvalue weighted by Crippen LogP contribution is 2.23. The van der Waals surface area contributed by atoms with Gasteiger partial charge in [-0.15, -0.1) is 0 Å². The Morgan fingerprint density at radius 3 is 2.77 bits per heavy atom. The summed E-state index contributed by atoms with van der Waals surface area (Å²) in [5.74, 6) is 0.0465. The van der Waals surface area contributed by atoms with Crippen molar-refractivity contribution in [2.75, 3.05) is 10.5 Å². The summed E-state index contributed by atoms with van der Waals surface area (Å²) in [6, 6.07) is 11.2. The summed E-state index contributed by atoms with van der Waals surface area (Å²) >= 11 is 0. The van der Waals surface area contributed by atoms with Gasteiger partial charge >= 0.3 is 0 Å². The third-order valence-electron chi connectivity index (χ3n) is 3.41. The largest absolute Gasteiger partial charge is 0.306 e. The van der Waals surface area contributed by atoms with Crippen LogP contribution in [0.5, 0.6) is 0 Å².